The number of phosphoric acid groups is 2. The number of hydrogen-bond acceptors (Lipinski definition) is 15. The van der Waals surface area contributed by atoms with E-state index < -0.39 is 97.5 Å². The average Bonchev–Trinajstić information content (AvgIpc) is 0.956. The van der Waals surface area contributed by atoms with Crippen LogP contribution in [0.4, 0.5) is 0 Å². The fraction of sp³-hybridized carbons (Fsp3) is 0.953. The molecule has 0 aliphatic heterocycles. The number of carbonyl (C=O) groups excluding carboxylic acids is 4. The molecule has 0 spiro atoms. The highest BCUT2D eigenvalue weighted by atomic mass is 31.2. The Labute approximate surface area is 638 Å². The van der Waals surface area contributed by atoms with Crippen LogP contribution in [-0.4, -0.2) is 96.7 Å². The summed E-state index contributed by atoms with van der Waals surface area (Å²) in [7, 11) is -9.93. The van der Waals surface area contributed by atoms with E-state index in [4.69, 9.17) is 37.0 Å². The fourth-order valence-corrected chi connectivity index (χ4v) is 14.8. The Bertz CT molecular complexity index is 2000. The van der Waals surface area contributed by atoms with Crippen molar-refractivity contribution in [3.63, 3.8) is 0 Å². The number of ether oxygens (including phenoxy) is 4. The predicted molar refractivity (Wildman–Crippen MR) is 428 cm³/mol. The lowest BCUT2D eigenvalue weighted by atomic mass is 10.00. The zero-order valence-corrected chi connectivity index (χ0v) is 70.1. The van der Waals surface area contributed by atoms with Crippen LogP contribution in [0.25, 0.3) is 0 Å². The molecule has 0 saturated carbocycles. The lowest BCUT2D eigenvalue weighted by Crippen LogP contribution is -2.30. The van der Waals surface area contributed by atoms with Crippen molar-refractivity contribution in [2.75, 3.05) is 39.6 Å². The van der Waals surface area contributed by atoms with Gasteiger partial charge < -0.3 is 33.8 Å². The first-order valence-electron chi connectivity index (χ1n) is 44.0. The summed E-state index contributed by atoms with van der Waals surface area (Å²) < 4.78 is 68.8. The smallest absolute Gasteiger partial charge is 0.462 e. The van der Waals surface area contributed by atoms with E-state index in [0.29, 0.717) is 25.7 Å². The van der Waals surface area contributed by atoms with Crippen LogP contribution in [0.2, 0.25) is 0 Å². The highest BCUT2D eigenvalue weighted by Gasteiger charge is 2.30. The van der Waals surface area contributed by atoms with E-state index in [1.54, 1.807) is 0 Å². The van der Waals surface area contributed by atoms with E-state index in [2.05, 4.69) is 41.5 Å². The summed E-state index contributed by atoms with van der Waals surface area (Å²) in [4.78, 5) is 73.1. The first-order valence-corrected chi connectivity index (χ1v) is 47.0. The zero-order valence-electron chi connectivity index (χ0n) is 68.3. The van der Waals surface area contributed by atoms with Gasteiger partial charge in [0.05, 0.1) is 26.4 Å². The Balaban J connectivity index is 5.21. The van der Waals surface area contributed by atoms with E-state index in [1.165, 1.54) is 263 Å². The molecule has 19 heteroatoms. The Kier molecular flexibility index (Phi) is 75.0. The summed E-state index contributed by atoms with van der Waals surface area (Å²) in [6.07, 6.45) is 68.3. The molecular formula is C85H166O17P2. The molecule has 0 fully saturated rings. The van der Waals surface area contributed by atoms with E-state index in [0.717, 1.165) is 108 Å². The monoisotopic (exact) mass is 1520 g/mol. The van der Waals surface area contributed by atoms with Crippen LogP contribution in [0.3, 0.4) is 0 Å². The molecule has 0 bridgehead atoms. The first kappa shape index (κ1) is 102. The van der Waals surface area contributed by atoms with Crippen molar-refractivity contribution in [3.8, 4) is 0 Å². The van der Waals surface area contributed by atoms with Gasteiger partial charge in [-0.2, -0.15) is 0 Å². The summed E-state index contributed by atoms with van der Waals surface area (Å²) in [5, 5.41) is 10.7. The van der Waals surface area contributed by atoms with Gasteiger partial charge in [0.2, 0.25) is 0 Å². The minimum absolute atomic E-state index is 0.105. The van der Waals surface area contributed by atoms with Crippen molar-refractivity contribution in [1.29, 1.82) is 0 Å². The molecule has 0 saturated heterocycles. The second kappa shape index (κ2) is 76.4. The molecule has 0 aliphatic carbocycles. The molecule has 0 amide bonds. The summed E-state index contributed by atoms with van der Waals surface area (Å²) in [5.74, 6) is -0.624. The minimum Gasteiger partial charge on any atom is -0.462 e. The molecule has 6 atom stereocenters. The second-order valence-corrected chi connectivity index (χ2v) is 34.2. The van der Waals surface area contributed by atoms with E-state index in [9.17, 15) is 43.2 Å². The van der Waals surface area contributed by atoms with E-state index in [1.807, 2.05) is 0 Å². The minimum atomic E-state index is -4.97. The molecule has 0 aromatic heterocycles. The van der Waals surface area contributed by atoms with Gasteiger partial charge in [0, 0.05) is 25.7 Å². The summed E-state index contributed by atoms with van der Waals surface area (Å²) >= 11 is 0. The van der Waals surface area contributed by atoms with E-state index >= 15 is 0 Å². The van der Waals surface area contributed by atoms with Crippen LogP contribution in [-0.2, 0) is 65.4 Å². The molecule has 0 heterocycles. The van der Waals surface area contributed by atoms with Gasteiger partial charge in [-0.1, -0.05) is 401 Å². The molecule has 3 unspecified atom stereocenters. The molecule has 0 aromatic carbocycles. The topological polar surface area (TPSA) is 237 Å². The van der Waals surface area contributed by atoms with Crippen LogP contribution >= 0.6 is 15.6 Å². The van der Waals surface area contributed by atoms with Crippen LogP contribution in [0.5, 0.6) is 0 Å². The van der Waals surface area contributed by atoms with Gasteiger partial charge in [-0.3, -0.25) is 37.3 Å². The van der Waals surface area contributed by atoms with Crippen LogP contribution in [0.1, 0.15) is 452 Å². The maximum absolute atomic E-state index is 13.1. The summed E-state index contributed by atoms with van der Waals surface area (Å²) in [6, 6.07) is 0. The SMILES string of the molecule is CCCCCCCCCCCCCCCCCCCCCCCC(=O)O[C@H](COC(=O)CCCCCCCCCCCCCCCCCCCCCC)COP(=O)(O)OC[C@@H](O)COP(=O)(O)OC[C@@H](COC(=O)CCCCCCCCC(C)CC)OC(=O)CCCCCCCCCCCCC(C)C. The van der Waals surface area contributed by atoms with Crippen LogP contribution in [0.15, 0.2) is 0 Å². The normalized spacial score (nSPS) is 14.1. The zero-order chi connectivity index (χ0) is 76.4. The largest absolute Gasteiger partial charge is 0.472 e. The number of hydrogen-bond donors (Lipinski definition) is 3. The first-order chi connectivity index (χ1) is 50.4. The number of rotatable bonds is 84. The maximum Gasteiger partial charge on any atom is 0.472 e. The third kappa shape index (κ3) is 76.8. The van der Waals surface area contributed by atoms with Gasteiger partial charge in [0.1, 0.15) is 19.3 Å². The third-order valence-corrected chi connectivity index (χ3v) is 22.2. The van der Waals surface area contributed by atoms with Gasteiger partial charge in [0.25, 0.3) is 0 Å². The Morgan fingerprint density at radius 3 is 0.731 bits per heavy atom. The second-order valence-electron chi connectivity index (χ2n) is 31.3. The highest BCUT2D eigenvalue weighted by molar-refractivity contribution is 7.47. The number of phosphoric ester groups is 2. The quantitative estimate of drug-likeness (QED) is 0.0222. The lowest BCUT2D eigenvalue weighted by molar-refractivity contribution is -0.161. The summed E-state index contributed by atoms with van der Waals surface area (Å²) in [6.45, 7) is 9.60. The molecule has 618 valence electrons. The van der Waals surface area contributed by atoms with Gasteiger partial charge >= 0.3 is 39.5 Å². The van der Waals surface area contributed by atoms with Crippen molar-refractivity contribution >= 4 is 39.5 Å². The Morgan fingerprint density at radius 1 is 0.279 bits per heavy atom. The lowest BCUT2D eigenvalue weighted by Gasteiger charge is -2.21. The maximum atomic E-state index is 13.1. The molecule has 0 aromatic rings. The Morgan fingerprint density at radius 2 is 0.490 bits per heavy atom. The Hall–Kier alpha value is -1.94. The molecule has 17 nitrogen and oxygen atoms in total. The van der Waals surface area contributed by atoms with Crippen molar-refractivity contribution in [2.24, 2.45) is 11.8 Å². The molecule has 0 radical (unpaired) electrons. The van der Waals surface area contributed by atoms with Crippen molar-refractivity contribution in [3.05, 3.63) is 0 Å². The van der Waals surface area contributed by atoms with E-state index in [-0.39, 0.29) is 25.7 Å². The van der Waals surface area contributed by atoms with Gasteiger partial charge in [-0.05, 0) is 37.5 Å². The predicted octanol–water partition coefficient (Wildman–Crippen LogP) is 25.8. The van der Waals surface area contributed by atoms with Crippen LogP contribution in [0, 0.1) is 11.8 Å². The van der Waals surface area contributed by atoms with Crippen LogP contribution < -0.4 is 0 Å². The van der Waals surface area contributed by atoms with Gasteiger partial charge in [0.15, 0.2) is 12.2 Å². The third-order valence-electron chi connectivity index (χ3n) is 20.3. The van der Waals surface area contributed by atoms with Gasteiger partial charge in [-0.25, -0.2) is 9.13 Å². The highest BCUT2D eigenvalue weighted by Crippen LogP contribution is 2.45. The van der Waals surface area contributed by atoms with Crippen molar-refractivity contribution < 1.29 is 80.2 Å². The number of carbonyl (C=O) groups is 4. The molecule has 3 N–H and O–H groups in total. The van der Waals surface area contributed by atoms with Crippen molar-refractivity contribution in [1.82, 2.24) is 0 Å². The fourth-order valence-electron chi connectivity index (χ4n) is 13.2. The van der Waals surface area contributed by atoms with Crippen molar-refractivity contribution in [2.45, 2.75) is 471 Å². The molecule has 0 rings (SSSR count). The number of esters is 4. The number of unbranched alkanes of at least 4 members (excludes halogenated alkanes) is 53. The molecule has 104 heavy (non-hydrogen) atoms. The molecular weight excluding hydrogens is 1350 g/mol. The number of aliphatic hydroxyl groups excluding tert-OH is 1. The average molecular weight is 1520 g/mol. The molecule has 0 aliphatic rings. The summed E-state index contributed by atoms with van der Waals surface area (Å²) in [5.41, 5.74) is 0. The standard InChI is InChI=1S/C85H166O17P2/c1-7-10-12-14-16-18-20-22-24-26-28-30-32-34-36-38-40-45-49-57-63-69-84(89)101-80(73-95-82(87)67-61-55-48-44-39-37-35-33-31-29-27-25-23-21-19-17-15-13-11-8-2)75-99-103(91,92)97-71-79(86)72-98-104(93,94)100-76-81(74-96-83(88)68-62-56-52-51-54-60-66-78(6)9-3)102-85(90)70-64-58-50-46-42-41-43-47-53-59-65-77(4)5/h77-81,86H,7-76H2,1-6H3,(H,91,92)(H,93,94)/t78?,79-,80-,81-/m1/s1. The van der Waals surface area contributed by atoms with Gasteiger partial charge in [-0.15, -0.1) is 0 Å². The number of aliphatic hydroxyl groups is 1.